The monoisotopic (exact) mass is 463 g/mol. The molecule has 0 radical (unpaired) electrons. The number of nitrogens with one attached hydrogen (secondary N) is 3. The highest BCUT2D eigenvalue weighted by Gasteiger charge is 2.25. The van der Waals surface area contributed by atoms with E-state index in [-0.39, 0.29) is 6.54 Å². The van der Waals surface area contributed by atoms with Crippen LogP contribution in [0.4, 0.5) is 8.78 Å². The maximum absolute atomic E-state index is 13.5. The molecule has 3 N–H and O–H groups in total. The highest BCUT2D eigenvalue weighted by Crippen LogP contribution is 2.27. The first-order valence-corrected chi connectivity index (χ1v) is 11.1. The van der Waals surface area contributed by atoms with E-state index in [4.69, 9.17) is 11.6 Å². The fraction of sp³-hybridized carbons (Fsp3) is 0.500. The number of rotatable bonds is 11. The van der Waals surface area contributed by atoms with Crippen LogP contribution < -0.4 is 16.0 Å². The van der Waals surface area contributed by atoms with Crippen LogP contribution in [0.2, 0.25) is 5.02 Å². The molecule has 0 amide bonds. The smallest absolute Gasteiger partial charge is 0.257 e. The van der Waals surface area contributed by atoms with Crippen LogP contribution in [-0.4, -0.2) is 50.3 Å². The zero-order chi connectivity index (χ0) is 23.7. The van der Waals surface area contributed by atoms with Gasteiger partial charge in [-0.1, -0.05) is 43.9 Å². The third-order valence-corrected chi connectivity index (χ3v) is 5.06. The predicted octanol–water partition coefficient (Wildman–Crippen LogP) is 4.00. The lowest BCUT2D eigenvalue weighted by atomic mass is 10.1. The molecule has 2 rings (SSSR count). The van der Waals surface area contributed by atoms with Gasteiger partial charge in [0.05, 0.1) is 23.3 Å². The van der Waals surface area contributed by atoms with Crippen molar-refractivity contribution in [3.05, 3.63) is 52.6 Å². The van der Waals surface area contributed by atoms with Crippen molar-refractivity contribution in [1.29, 1.82) is 0 Å². The Hall–Kier alpha value is -2.43. The van der Waals surface area contributed by atoms with Gasteiger partial charge in [0.25, 0.3) is 6.43 Å². The molecule has 0 aliphatic heterocycles. The van der Waals surface area contributed by atoms with Gasteiger partial charge in [-0.25, -0.2) is 8.78 Å². The van der Waals surface area contributed by atoms with E-state index in [0.717, 1.165) is 18.4 Å². The second-order valence-electron chi connectivity index (χ2n) is 8.10. The van der Waals surface area contributed by atoms with Gasteiger partial charge >= 0.3 is 0 Å². The van der Waals surface area contributed by atoms with E-state index in [2.05, 4.69) is 58.2 Å². The van der Waals surface area contributed by atoms with Crippen LogP contribution in [0, 0.1) is 23.7 Å². The van der Waals surface area contributed by atoms with Crippen LogP contribution >= 0.6 is 11.6 Å². The van der Waals surface area contributed by atoms with E-state index in [1.165, 1.54) is 13.2 Å². The molecule has 1 saturated carbocycles. The van der Waals surface area contributed by atoms with Gasteiger partial charge in [-0.05, 0) is 31.9 Å². The summed E-state index contributed by atoms with van der Waals surface area (Å²) in [5.74, 6) is 7.13. The average molecular weight is 464 g/mol. The average Bonchev–Trinajstić information content (AvgIpc) is 3.57. The summed E-state index contributed by atoms with van der Waals surface area (Å²) in [4.78, 5) is 9.18. The Labute approximate surface area is 194 Å². The van der Waals surface area contributed by atoms with Gasteiger partial charge in [-0.3, -0.25) is 9.98 Å². The summed E-state index contributed by atoms with van der Waals surface area (Å²) < 4.78 is 26.9. The SMILES string of the molecule is C=C(NCC(=NCC(C)C)c1ncc(C#CC2CC2)cc1Cl)/C(=C/NC)C(NC)C(F)F. The van der Waals surface area contributed by atoms with E-state index in [9.17, 15) is 8.78 Å². The molecule has 0 bridgehead atoms. The van der Waals surface area contributed by atoms with Crippen molar-refractivity contribution in [3.8, 4) is 11.8 Å². The highest BCUT2D eigenvalue weighted by atomic mass is 35.5. The van der Waals surface area contributed by atoms with Crippen LogP contribution in [0.5, 0.6) is 0 Å². The zero-order valence-corrected chi connectivity index (χ0v) is 19.9. The van der Waals surface area contributed by atoms with Gasteiger partial charge in [0.15, 0.2) is 0 Å². The Morgan fingerprint density at radius 1 is 1.38 bits per heavy atom. The van der Waals surface area contributed by atoms with Crippen molar-refractivity contribution in [3.63, 3.8) is 0 Å². The normalized spacial score (nSPS) is 15.4. The first kappa shape index (κ1) is 25.8. The number of likely N-dealkylation sites (N-methyl/N-ethyl adjacent to an activating group) is 1. The zero-order valence-electron chi connectivity index (χ0n) is 19.1. The third kappa shape index (κ3) is 7.92. The first-order chi connectivity index (χ1) is 15.3. The second-order valence-corrected chi connectivity index (χ2v) is 8.51. The summed E-state index contributed by atoms with van der Waals surface area (Å²) in [6, 6.07) is 0.628. The molecule has 1 aliphatic rings. The minimum absolute atomic E-state index is 0.242. The van der Waals surface area contributed by atoms with Crippen LogP contribution in [0.15, 0.2) is 41.3 Å². The van der Waals surface area contributed by atoms with Crippen molar-refractivity contribution in [1.82, 2.24) is 20.9 Å². The van der Waals surface area contributed by atoms with E-state index < -0.39 is 12.5 Å². The molecule has 32 heavy (non-hydrogen) atoms. The van der Waals surface area contributed by atoms with E-state index in [1.807, 2.05) is 0 Å². The Balaban J connectivity index is 2.22. The molecule has 1 heterocycles. The maximum atomic E-state index is 13.5. The highest BCUT2D eigenvalue weighted by molar-refractivity contribution is 6.34. The number of alkyl halides is 2. The number of halogens is 3. The molecule has 0 spiro atoms. The summed E-state index contributed by atoms with van der Waals surface area (Å²) in [5, 5.41) is 9.00. The fourth-order valence-electron chi connectivity index (χ4n) is 2.87. The van der Waals surface area contributed by atoms with Gasteiger partial charge in [-0.2, -0.15) is 0 Å². The first-order valence-electron chi connectivity index (χ1n) is 10.7. The molecule has 5 nitrogen and oxygen atoms in total. The number of aliphatic imine (C=N–C) groups is 1. The Bertz CT molecular complexity index is 911. The molecule has 174 valence electrons. The summed E-state index contributed by atoms with van der Waals surface area (Å²) in [6.07, 6.45) is 2.91. The van der Waals surface area contributed by atoms with Gasteiger partial charge in [-0.15, -0.1) is 0 Å². The topological polar surface area (TPSA) is 61.3 Å². The maximum Gasteiger partial charge on any atom is 0.257 e. The van der Waals surface area contributed by atoms with E-state index in [1.54, 1.807) is 19.3 Å². The van der Waals surface area contributed by atoms with Gasteiger partial charge in [0.1, 0.15) is 5.69 Å². The van der Waals surface area contributed by atoms with E-state index in [0.29, 0.717) is 46.1 Å². The van der Waals surface area contributed by atoms with Crippen molar-refractivity contribution in [2.45, 2.75) is 39.2 Å². The Morgan fingerprint density at radius 3 is 2.62 bits per heavy atom. The summed E-state index contributed by atoms with van der Waals surface area (Å²) in [6.45, 7) is 8.90. The number of pyridine rings is 1. The largest absolute Gasteiger partial charge is 0.394 e. The number of aromatic nitrogens is 1. The lowest BCUT2D eigenvalue weighted by Gasteiger charge is -2.22. The molecular weight excluding hydrogens is 432 g/mol. The van der Waals surface area contributed by atoms with Crippen molar-refractivity contribution in [2.75, 3.05) is 27.2 Å². The quantitative estimate of drug-likeness (QED) is 0.264. The summed E-state index contributed by atoms with van der Waals surface area (Å²) in [5.41, 5.74) is 2.63. The van der Waals surface area contributed by atoms with Crippen LogP contribution in [-0.2, 0) is 0 Å². The third-order valence-electron chi connectivity index (χ3n) is 4.78. The molecule has 1 unspecified atom stereocenters. The van der Waals surface area contributed by atoms with Crippen molar-refractivity contribution in [2.24, 2.45) is 16.8 Å². The second kappa shape index (κ2) is 12.6. The molecule has 8 heteroatoms. The number of hydrogen-bond donors (Lipinski definition) is 3. The van der Waals surface area contributed by atoms with E-state index >= 15 is 0 Å². The molecule has 1 aliphatic carbocycles. The molecule has 1 aromatic rings. The Kier molecular flexibility index (Phi) is 10.1. The molecular formula is C24H32ClF2N5. The minimum atomic E-state index is -2.59. The Morgan fingerprint density at radius 2 is 2.09 bits per heavy atom. The van der Waals surface area contributed by atoms with Crippen molar-refractivity contribution >= 4 is 17.3 Å². The number of hydrogen-bond acceptors (Lipinski definition) is 5. The van der Waals surface area contributed by atoms with Crippen LogP contribution in [0.1, 0.15) is 37.9 Å². The summed E-state index contributed by atoms with van der Waals surface area (Å²) >= 11 is 6.52. The van der Waals surface area contributed by atoms with Gasteiger partial charge < -0.3 is 16.0 Å². The van der Waals surface area contributed by atoms with Gasteiger partial charge in [0, 0.05) is 48.7 Å². The molecule has 1 fully saturated rings. The molecule has 1 aromatic heterocycles. The molecule has 0 aromatic carbocycles. The lowest BCUT2D eigenvalue weighted by Crippen LogP contribution is -2.38. The molecule has 0 saturated heterocycles. The fourth-order valence-corrected chi connectivity index (χ4v) is 3.14. The lowest BCUT2D eigenvalue weighted by molar-refractivity contribution is 0.117. The van der Waals surface area contributed by atoms with Crippen molar-refractivity contribution < 1.29 is 8.78 Å². The van der Waals surface area contributed by atoms with Crippen LogP contribution in [0.25, 0.3) is 0 Å². The number of nitrogens with zero attached hydrogens (tertiary/aromatic N) is 2. The standard InChI is InChI=1S/C24H32ClF2N5/c1-15(2)11-31-21(14-30-16(3)19(13-28-4)22(29-5)24(26)27)23-20(25)10-18(12-32-23)9-8-17-6-7-17/h10,12-13,15,17,22,24,28-30H,3,6-7,11,14H2,1-2,4-5H3/b19-13-,31-21?. The minimum Gasteiger partial charge on any atom is -0.394 e. The molecule has 1 atom stereocenters. The van der Waals surface area contributed by atoms with Gasteiger partial charge in [0.2, 0.25) is 0 Å². The van der Waals surface area contributed by atoms with Crippen LogP contribution in [0.3, 0.4) is 0 Å². The summed E-state index contributed by atoms with van der Waals surface area (Å²) in [7, 11) is 3.14. The predicted molar refractivity (Wildman–Crippen MR) is 128 cm³/mol.